The van der Waals surface area contributed by atoms with Crippen LogP contribution in [0.25, 0.3) is 0 Å². The molecule has 0 saturated heterocycles. The third kappa shape index (κ3) is 6.20. The monoisotopic (exact) mass is 515 g/mol. The van der Waals surface area contributed by atoms with Crippen LogP contribution < -0.4 is 14.3 Å². The van der Waals surface area contributed by atoms with Crippen LogP contribution >= 0.6 is 0 Å². The molecule has 35 heavy (non-hydrogen) atoms. The first-order valence-electron chi connectivity index (χ1n) is 10.9. The van der Waals surface area contributed by atoms with Gasteiger partial charge in [0, 0.05) is 5.69 Å². The van der Waals surface area contributed by atoms with E-state index < -0.39 is 32.0 Å². The van der Waals surface area contributed by atoms with Gasteiger partial charge < -0.3 is 5.32 Å². The molecular formula is C25H29N3O5S2. The fourth-order valence-corrected chi connectivity index (χ4v) is 5.82. The van der Waals surface area contributed by atoms with Crippen LogP contribution in [0.3, 0.4) is 0 Å². The molecule has 0 fully saturated rings. The fraction of sp³-hybridized carbons (Fsp3) is 0.240. The van der Waals surface area contributed by atoms with E-state index in [1.54, 1.807) is 43.3 Å². The highest BCUT2D eigenvalue weighted by molar-refractivity contribution is 7.92. The average molecular weight is 516 g/mol. The molecule has 0 bridgehead atoms. The number of para-hydroxylation sites is 1. The Morgan fingerprint density at radius 3 is 2.03 bits per heavy atom. The minimum atomic E-state index is -3.82. The predicted molar refractivity (Wildman–Crippen MR) is 140 cm³/mol. The molecule has 186 valence electrons. The van der Waals surface area contributed by atoms with Gasteiger partial charge in [-0.25, -0.2) is 16.8 Å². The Labute approximate surface area is 207 Å². The van der Waals surface area contributed by atoms with E-state index in [2.05, 4.69) is 10.0 Å². The van der Waals surface area contributed by atoms with E-state index in [1.165, 1.54) is 31.2 Å². The molecular weight excluding hydrogens is 486 g/mol. The molecule has 1 amide bonds. The Bertz CT molecular complexity index is 1450. The third-order valence-electron chi connectivity index (χ3n) is 5.66. The number of nitrogens with one attached hydrogen (secondary N) is 2. The van der Waals surface area contributed by atoms with E-state index in [4.69, 9.17) is 0 Å². The number of hydrogen-bond acceptors (Lipinski definition) is 5. The fourth-order valence-electron chi connectivity index (χ4n) is 3.53. The van der Waals surface area contributed by atoms with Crippen molar-refractivity contribution >= 4 is 43.0 Å². The van der Waals surface area contributed by atoms with Crippen molar-refractivity contribution in [1.29, 1.82) is 0 Å². The zero-order valence-corrected chi connectivity index (χ0v) is 21.9. The van der Waals surface area contributed by atoms with Crippen LogP contribution in [-0.4, -0.2) is 35.0 Å². The molecule has 0 aliphatic carbocycles. The van der Waals surface area contributed by atoms with E-state index in [9.17, 15) is 21.6 Å². The number of aryl methyl sites for hydroxylation is 3. The number of sulfonamides is 2. The molecule has 2 N–H and O–H groups in total. The first-order chi connectivity index (χ1) is 16.3. The van der Waals surface area contributed by atoms with E-state index >= 15 is 0 Å². The number of nitrogens with zero attached hydrogens (tertiary/aromatic N) is 1. The van der Waals surface area contributed by atoms with Gasteiger partial charge in [-0.05, 0) is 86.8 Å². The summed E-state index contributed by atoms with van der Waals surface area (Å²) in [4.78, 5) is 13.0. The van der Waals surface area contributed by atoms with Gasteiger partial charge in [0.05, 0.1) is 22.5 Å². The molecule has 0 saturated carbocycles. The van der Waals surface area contributed by atoms with Crippen molar-refractivity contribution in [1.82, 2.24) is 0 Å². The van der Waals surface area contributed by atoms with Crippen LogP contribution in [-0.2, 0) is 24.8 Å². The summed E-state index contributed by atoms with van der Waals surface area (Å²) in [5, 5.41) is 2.67. The summed E-state index contributed by atoms with van der Waals surface area (Å²) in [6, 6.07) is 16.8. The number of anilines is 3. The number of rotatable bonds is 8. The highest BCUT2D eigenvalue weighted by Crippen LogP contribution is 2.25. The summed E-state index contributed by atoms with van der Waals surface area (Å²) in [6.45, 7) is 7.08. The topological polar surface area (TPSA) is 113 Å². The summed E-state index contributed by atoms with van der Waals surface area (Å²) in [6.07, 6.45) is 1.05. The average Bonchev–Trinajstić information content (AvgIpc) is 2.77. The summed E-state index contributed by atoms with van der Waals surface area (Å²) in [7, 11) is -7.58. The molecule has 0 aromatic heterocycles. The van der Waals surface area contributed by atoms with Crippen LogP contribution in [0.4, 0.5) is 17.1 Å². The quantitative estimate of drug-likeness (QED) is 0.467. The molecule has 0 aliphatic rings. The van der Waals surface area contributed by atoms with E-state index in [-0.39, 0.29) is 4.90 Å². The molecule has 0 heterocycles. The number of benzene rings is 3. The maximum atomic E-state index is 12.9. The van der Waals surface area contributed by atoms with E-state index in [1.807, 2.05) is 19.9 Å². The number of hydrogen-bond donors (Lipinski definition) is 2. The second-order valence-corrected chi connectivity index (χ2v) is 12.0. The number of carbonyl (C=O) groups is 1. The van der Waals surface area contributed by atoms with Gasteiger partial charge in [0.25, 0.3) is 10.0 Å². The van der Waals surface area contributed by atoms with Gasteiger partial charge in [-0.1, -0.05) is 24.3 Å². The normalized spacial score (nSPS) is 12.6. The number of carbonyl (C=O) groups excluding carboxylic acids is 1. The lowest BCUT2D eigenvalue weighted by atomic mass is 10.1. The van der Waals surface area contributed by atoms with Crippen molar-refractivity contribution in [2.45, 2.75) is 38.6 Å². The maximum absolute atomic E-state index is 12.9. The van der Waals surface area contributed by atoms with Crippen molar-refractivity contribution in [3.05, 3.63) is 83.4 Å². The van der Waals surface area contributed by atoms with Crippen molar-refractivity contribution in [2.24, 2.45) is 0 Å². The van der Waals surface area contributed by atoms with Gasteiger partial charge in [0.1, 0.15) is 6.04 Å². The lowest BCUT2D eigenvalue weighted by Gasteiger charge is -2.28. The van der Waals surface area contributed by atoms with Crippen molar-refractivity contribution in [3.63, 3.8) is 0 Å². The third-order valence-corrected chi connectivity index (χ3v) is 8.28. The lowest BCUT2D eigenvalue weighted by molar-refractivity contribution is -0.116. The maximum Gasteiger partial charge on any atom is 0.261 e. The Balaban J connectivity index is 1.78. The molecule has 0 spiro atoms. The van der Waals surface area contributed by atoms with Gasteiger partial charge in [-0.2, -0.15) is 0 Å². The SMILES string of the molecule is Cc1ccc(N([C@H](C)C(=O)Nc2ccc(S(=O)(=O)Nc3ccccc3C)cc2)S(C)(=O)=O)cc1C. The van der Waals surface area contributed by atoms with Crippen LogP contribution in [0, 0.1) is 20.8 Å². The van der Waals surface area contributed by atoms with Gasteiger partial charge in [-0.3, -0.25) is 13.8 Å². The Hall–Kier alpha value is -3.37. The van der Waals surface area contributed by atoms with E-state index in [0.29, 0.717) is 17.1 Å². The second-order valence-electron chi connectivity index (χ2n) is 8.44. The largest absolute Gasteiger partial charge is 0.324 e. The van der Waals surface area contributed by atoms with Crippen LogP contribution in [0.1, 0.15) is 23.6 Å². The number of amides is 1. The Morgan fingerprint density at radius 2 is 1.46 bits per heavy atom. The minimum Gasteiger partial charge on any atom is -0.324 e. The smallest absolute Gasteiger partial charge is 0.261 e. The molecule has 0 aliphatic heterocycles. The minimum absolute atomic E-state index is 0.0275. The summed E-state index contributed by atoms with van der Waals surface area (Å²) in [5.74, 6) is -0.553. The second kappa shape index (κ2) is 10.1. The first-order valence-corrected chi connectivity index (χ1v) is 14.2. The zero-order valence-electron chi connectivity index (χ0n) is 20.2. The van der Waals surface area contributed by atoms with Crippen molar-refractivity contribution in [2.75, 3.05) is 20.6 Å². The highest BCUT2D eigenvalue weighted by atomic mass is 32.2. The zero-order chi connectivity index (χ0) is 26.0. The molecule has 8 nitrogen and oxygen atoms in total. The summed E-state index contributed by atoms with van der Waals surface area (Å²) in [5.41, 5.74) is 3.90. The molecule has 1 atom stereocenters. The predicted octanol–water partition coefficient (Wildman–Crippen LogP) is 4.21. The summed E-state index contributed by atoms with van der Waals surface area (Å²) < 4.78 is 54.1. The molecule has 3 rings (SSSR count). The molecule has 0 radical (unpaired) electrons. The molecule has 3 aromatic carbocycles. The van der Waals surface area contributed by atoms with Gasteiger partial charge >= 0.3 is 0 Å². The molecule has 0 unspecified atom stereocenters. The summed E-state index contributed by atoms with van der Waals surface area (Å²) >= 11 is 0. The van der Waals surface area contributed by atoms with Crippen molar-refractivity contribution < 1.29 is 21.6 Å². The molecule has 3 aromatic rings. The van der Waals surface area contributed by atoms with E-state index in [0.717, 1.165) is 27.3 Å². The van der Waals surface area contributed by atoms with Crippen molar-refractivity contribution in [3.8, 4) is 0 Å². The Morgan fingerprint density at radius 1 is 0.829 bits per heavy atom. The van der Waals surface area contributed by atoms with Crippen LogP contribution in [0.15, 0.2) is 71.6 Å². The molecule has 10 heteroatoms. The standard InChI is InChI=1S/C25H29N3O5S2/c1-17-10-13-22(16-19(17)3)28(34(5,30)31)20(4)25(29)26-21-11-14-23(15-12-21)35(32,33)27-24-9-7-6-8-18(24)2/h6-16,20,27H,1-5H3,(H,26,29)/t20-/m1/s1. The van der Waals surface area contributed by atoms with Gasteiger partial charge in [-0.15, -0.1) is 0 Å². The first kappa shape index (κ1) is 26.2. The van der Waals surface area contributed by atoms with Gasteiger partial charge in [0.2, 0.25) is 15.9 Å². The van der Waals surface area contributed by atoms with Crippen LogP contribution in [0.5, 0.6) is 0 Å². The Kier molecular flexibility index (Phi) is 7.56. The highest BCUT2D eigenvalue weighted by Gasteiger charge is 2.29. The lowest BCUT2D eigenvalue weighted by Crippen LogP contribution is -2.45. The van der Waals surface area contributed by atoms with Crippen LogP contribution in [0.2, 0.25) is 0 Å². The van der Waals surface area contributed by atoms with Gasteiger partial charge in [0.15, 0.2) is 0 Å².